The first-order valence-electron chi connectivity index (χ1n) is 9.06. The third kappa shape index (κ3) is 4.61. The second-order valence-corrected chi connectivity index (χ2v) is 7.67. The van der Waals surface area contributed by atoms with Crippen molar-refractivity contribution in [2.24, 2.45) is 10.4 Å². The van der Waals surface area contributed by atoms with E-state index in [-0.39, 0.29) is 11.5 Å². The van der Waals surface area contributed by atoms with Gasteiger partial charge in [-0.05, 0) is 35.1 Å². The molecule has 0 spiro atoms. The lowest BCUT2D eigenvalue weighted by Crippen LogP contribution is -2.48. The van der Waals surface area contributed by atoms with E-state index in [0.29, 0.717) is 0 Å². The standard InChI is InChI=1S/C20H33N3O3/c1-20(2,3)18(26-7)12-22-19(21-4)23-9-8-14-10-16(24-5)17(25-6)11-15(14)13-23/h10-11,18H,8-9,12-13H2,1-7H3,(H,21,22). The second kappa shape index (κ2) is 8.62. The average molecular weight is 364 g/mol. The molecule has 0 aromatic heterocycles. The van der Waals surface area contributed by atoms with E-state index in [1.165, 1.54) is 11.1 Å². The lowest BCUT2D eigenvalue weighted by atomic mass is 9.89. The van der Waals surface area contributed by atoms with Gasteiger partial charge in [-0.15, -0.1) is 0 Å². The molecule has 6 nitrogen and oxygen atoms in total. The average Bonchev–Trinajstić information content (AvgIpc) is 2.62. The van der Waals surface area contributed by atoms with Crippen LogP contribution in [0.4, 0.5) is 0 Å². The summed E-state index contributed by atoms with van der Waals surface area (Å²) < 4.78 is 16.5. The van der Waals surface area contributed by atoms with Crippen LogP contribution in [0.3, 0.4) is 0 Å². The first kappa shape index (κ1) is 20.4. The van der Waals surface area contributed by atoms with Gasteiger partial charge in [0.2, 0.25) is 0 Å². The number of benzene rings is 1. The third-order valence-corrected chi connectivity index (χ3v) is 4.93. The monoisotopic (exact) mass is 363 g/mol. The fourth-order valence-electron chi connectivity index (χ4n) is 3.32. The molecule has 26 heavy (non-hydrogen) atoms. The highest BCUT2D eigenvalue weighted by Crippen LogP contribution is 2.33. The molecular formula is C20H33N3O3. The molecule has 1 aromatic rings. The highest BCUT2D eigenvalue weighted by molar-refractivity contribution is 5.80. The summed E-state index contributed by atoms with van der Waals surface area (Å²) in [4.78, 5) is 6.74. The number of methoxy groups -OCH3 is 3. The fourth-order valence-corrected chi connectivity index (χ4v) is 3.32. The van der Waals surface area contributed by atoms with E-state index in [9.17, 15) is 0 Å². The number of guanidine groups is 1. The van der Waals surface area contributed by atoms with Crippen molar-refractivity contribution in [3.63, 3.8) is 0 Å². The molecule has 2 rings (SSSR count). The number of nitrogens with zero attached hydrogens (tertiary/aromatic N) is 2. The summed E-state index contributed by atoms with van der Waals surface area (Å²) in [6, 6.07) is 4.16. The molecule has 1 N–H and O–H groups in total. The van der Waals surface area contributed by atoms with Gasteiger partial charge in [0, 0.05) is 33.8 Å². The maximum absolute atomic E-state index is 5.64. The van der Waals surface area contributed by atoms with Crippen LogP contribution in [0.1, 0.15) is 31.9 Å². The van der Waals surface area contributed by atoms with Crippen molar-refractivity contribution in [1.29, 1.82) is 0 Å². The van der Waals surface area contributed by atoms with Crippen molar-refractivity contribution < 1.29 is 14.2 Å². The maximum atomic E-state index is 5.64. The summed E-state index contributed by atoms with van der Waals surface area (Å²) in [5.74, 6) is 2.45. The minimum absolute atomic E-state index is 0.0685. The zero-order chi connectivity index (χ0) is 19.3. The molecule has 6 heteroatoms. The quantitative estimate of drug-likeness (QED) is 0.644. The van der Waals surface area contributed by atoms with Crippen molar-refractivity contribution in [1.82, 2.24) is 10.2 Å². The highest BCUT2D eigenvalue weighted by atomic mass is 16.5. The number of hydrogen-bond donors (Lipinski definition) is 1. The van der Waals surface area contributed by atoms with E-state index in [4.69, 9.17) is 14.2 Å². The Kier molecular flexibility index (Phi) is 6.75. The molecule has 0 saturated heterocycles. The topological polar surface area (TPSA) is 55.3 Å². The second-order valence-electron chi connectivity index (χ2n) is 7.67. The minimum atomic E-state index is 0.0685. The van der Waals surface area contributed by atoms with Crippen molar-refractivity contribution >= 4 is 5.96 Å². The van der Waals surface area contributed by atoms with Crippen molar-refractivity contribution in [3.8, 4) is 11.5 Å². The Bertz CT molecular complexity index is 638. The number of hydrogen-bond acceptors (Lipinski definition) is 4. The zero-order valence-corrected chi connectivity index (χ0v) is 17.2. The van der Waals surface area contributed by atoms with Gasteiger partial charge in [0.25, 0.3) is 0 Å². The lowest BCUT2D eigenvalue weighted by molar-refractivity contribution is 0.0201. The van der Waals surface area contributed by atoms with Crippen LogP contribution in [0.5, 0.6) is 11.5 Å². The number of aliphatic imine (C=N–C) groups is 1. The predicted octanol–water partition coefficient (Wildman–Crippen LogP) is 2.70. The van der Waals surface area contributed by atoms with Gasteiger partial charge in [0.1, 0.15) is 0 Å². The summed E-state index contributed by atoms with van der Waals surface area (Å²) in [7, 11) is 6.93. The zero-order valence-electron chi connectivity index (χ0n) is 17.2. The van der Waals surface area contributed by atoms with Crippen LogP contribution in [0.15, 0.2) is 17.1 Å². The highest BCUT2D eigenvalue weighted by Gasteiger charge is 2.26. The number of fused-ring (bicyclic) bond motifs is 1. The van der Waals surface area contributed by atoms with Gasteiger partial charge >= 0.3 is 0 Å². The molecular weight excluding hydrogens is 330 g/mol. The molecule has 1 heterocycles. The molecule has 0 radical (unpaired) electrons. The van der Waals surface area contributed by atoms with E-state index in [2.05, 4.69) is 48.1 Å². The smallest absolute Gasteiger partial charge is 0.194 e. The Morgan fingerprint density at radius 2 is 1.77 bits per heavy atom. The Morgan fingerprint density at radius 3 is 2.27 bits per heavy atom. The summed E-state index contributed by atoms with van der Waals surface area (Å²) in [5, 5.41) is 3.47. The van der Waals surface area contributed by atoms with E-state index < -0.39 is 0 Å². The normalized spacial score (nSPS) is 16.1. The van der Waals surface area contributed by atoms with Crippen LogP contribution in [0.2, 0.25) is 0 Å². The summed E-state index contributed by atoms with van der Waals surface area (Å²) in [6.07, 6.45) is 1.06. The van der Waals surface area contributed by atoms with E-state index in [1.807, 2.05) is 7.05 Å². The molecule has 0 bridgehead atoms. The molecule has 0 saturated carbocycles. The van der Waals surface area contributed by atoms with Crippen LogP contribution in [0, 0.1) is 5.41 Å². The summed E-state index contributed by atoms with van der Waals surface area (Å²) in [5.41, 5.74) is 2.62. The van der Waals surface area contributed by atoms with Gasteiger partial charge in [-0.1, -0.05) is 20.8 Å². The first-order valence-corrected chi connectivity index (χ1v) is 9.06. The van der Waals surface area contributed by atoms with Crippen molar-refractivity contribution in [2.45, 2.75) is 39.8 Å². The van der Waals surface area contributed by atoms with E-state index >= 15 is 0 Å². The fraction of sp³-hybridized carbons (Fsp3) is 0.650. The van der Waals surface area contributed by atoms with Crippen LogP contribution in [-0.4, -0.2) is 58.4 Å². The largest absolute Gasteiger partial charge is 0.493 e. The molecule has 1 aliphatic heterocycles. The summed E-state index contributed by atoms with van der Waals surface area (Å²) in [6.45, 7) is 8.98. The van der Waals surface area contributed by atoms with Crippen LogP contribution in [-0.2, 0) is 17.7 Å². The Hall–Kier alpha value is -1.95. The lowest BCUT2D eigenvalue weighted by Gasteiger charge is -2.34. The van der Waals surface area contributed by atoms with Gasteiger partial charge in [-0.25, -0.2) is 0 Å². The van der Waals surface area contributed by atoms with Crippen molar-refractivity contribution in [2.75, 3.05) is 41.5 Å². The van der Waals surface area contributed by atoms with E-state index in [1.54, 1.807) is 21.3 Å². The first-order chi connectivity index (χ1) is 12.3. The van der Waals surface area contributed by atoms with Crippen LogP contribution < -0.4 is 14.8 Å². The SMILES string of the molecule is CN=C(NCC(OC)C(C)(C)C)N1CCc2cc(OC)c(OC)cc2C1. The van der Waals surface area contributed by atoms with Crippen LogP contribution >= 0.6 is 0 Å². The number of ether oxygens (including phenoxy) is 3. The minimum Gasteiger partial charge on any atom is -0.493 e. The predicted molar refractivity (Wildman–Crippen MR) is 105 cm³/mol. The molecule has 1 aliphatic rings. The van der Waals surface area contributed by atoms with Gasteiger partial charge in [-0.2, -0.15) is 0 Å². The Morgan fingerprint density at radius 1 is 1.15 bits per heavy atom. The van der Waals surface area contributed by atoms with Crippen molar-refractivity contribution in [3.05, 3.63) is 23.3 Å². The number of rotatable bonds is 5. The number of nitrogens with one attached hydrogen (secondary N) is 1. The third-order valence-electron chi connectivity index (χ3n) is 4.93. The van der Waals surface area contributed by atoms with Gasteiger partial charge in [-0.3, -0.25) is 4.99 Å². The molecule has 0 aliphatic carbocycles. The maximum Gasteiger partial charge on any atom is 0.194 e. The molecule has 1 atom stereocenters. The molecule has 0 fully saturated rings. The van der Waals surface area contributed by atoms with Crippen LogP contribution in [0.25, 0.3) is 0 Å². The Labute approximate surface area is 157 Å². The van der Waals surface area contributed by atoms with Gasteiger partial charge in [0.05, 0.1) is 20.3 Å². The van der Waals surface area contributed by atoms with Gasteiger partial charge in [0.15, 0.2) is 17.5 Å². The Balaban J connectivity index is 2.10. The summed E-state index contributed by atoms with van der Waals surface area (Å²) >= 11 is 0. The molecule has 1 aromatic carbocycles. The molecule has 0 amide bonds. The van der Waals surface area contributed by atoms with Gasteiger partial charge < -0.3 is 24.4 Å². The molecule has 146 valence electrons. The molecule has 1 unspecified atom stereocenters. The van der Waals surface area contributed by atoms with E-state index in [0.717, 1.165) is 43.5 Å².